The lowest BCUT2D eigenvalue weighted by molar-refractivity contribution is -0.116. The van der Waals surface area contributed by atoms with Crippen LogP contribution in [-0.2, 0) is 14.8 Å². The van der Waals surface area contributed by atoms with Crippen LogP contribution < -0.4 is 14.4 Å². The average molecular weight is 431 g/mol. The molecule has 1 amide bonds. The van der Waals surface area contributed by atoms with Crippen molar-refractivity contribution in [3.63, 3.8) is 0 Å². The maximum Gasteiger partial charge on any atom is 0.247 e. The van der Waals surface area contributed by atoms with E-state index in [9.17, 15) is 13.2 Å². The minimum atomic E-state index is -3.77. The van der Waals surface area contributed by atoms with Crippen LogP contribution in [0.1, 0.15) is 12.5 Å². The molecular formula is C18H20Cl2N2O4S. The molecule has 9 heteroatoms. The third-order valence-electron chi connectivity index (χ3n) is 3.85. The Morgan fingerprint density at radius 1 is 1.15 bits per heavy atom. The van der Waals surface area contributed by atoms with E-state index in [1.807, 2.05) is 6.92 Å². The second kappa shape index (κ2) is 8.37. The molecule has 0 spiro atoms. The fourth-order valence-corrected chi connectivity index (χ4v) is 4.04. The van der Waals surface area contributed by atoms with Crippen LogP contribution >= 0.6 is 23.2 Å². The second-order valence-electron chi connectivity index (χ2n) is 6.03. The molecule has 0 fully saturated rings. The Morgan fingerprint density at radius 2 is 1.81 bits per heavy atom. The van der Waals surface area contributed by atoms with E-state index in [0.29, 0.717) is 16.5 Å². The molecule has 27 heavy (non-hydrogen) atoms. The first-order valence-electron chi connectivity index (χ1n) is 7.94. The number of sulfonamides is 1. The number of ether oxygens (including phenoxy) is 1. The molecular weight excluding hydrogens is 411 g/mol. The summed E-state index contributed by atoms with van der Waals surface area (Å²) in [6.07, 6.45) is 1.04. The van der Waals surface area contributed by atoms with Gasteiger partial charge in [-0.1, -0.05) is 29.3 Å². The quantitative estimate of drug-likeness (QED) is 0.747. The summed E-state index contributed by atoms with van der Waals surface area (Å²) in [6.45, 7) is 3.32. The number of methoxy groups -OCH3 is 1. The number of nitrogens with one attached hydrogen (secondary N) is 1. The van der Waals surface area contributed by atoms with Crippen molar-refractivity contribution in [3.8, 4) is 5.75 Å². The highest BCUT2D eigenvalue weighted by molar-refractivity contribution is 7.92. The molecule has 0 bridgehead atoms. The van der Waals surface area contributed by atoms with Crippen LogP contribution in [0, 0.1) is 6.92 Å². The number of hydrogen-bond acceptors (Lipinski definition) is 4. The van der Waals surface area contributed by atoms with Gasteiger partial charge in [-0.05, 0) is 49.7 Å². The largest absolute Gasteiger partial charge is 0.495 e. The number of hydrogen-bond donors (Lipinski definition) is 1. The minimum Gasteiger partial charge on any atom is -0.495 e. The van der Waals surface area contributed by atoms with Gasteiger partial charge in [0.1, 0.15) is 11.8 Å². The van der Waals surface area contributed by atoms with Crippen LogP contribution in [0.5, 0.6) is 5.75 Å². The molecule has 0 heterocycles. The standard InChI is InChI=1S/C18H20Cl2N2O4S/c1-11-5-8-17(26-3)16(9-11)22(27(4,24)25)12(2)18(23)21-13-6-7-14(19)15(20)10-13/h5-10,12H,1-4H3,(H,21,23). The predicted molar refractivity (Wildman–Crippen MR) is 110 cm³/mol. The number of carbonyl (C=O) groups excluding carboxylic acids is 1. The van der Waals surface area contributed by atoms with Crippen molar-refractivity contribution in [1.82, 2.24) is 0 Å². The van der Waals surface area contributed by atoms with Gasteiger partial charge in [0, 0.05) is 5.69 Å². The van der Waals surface area contributed by atoms with E-state index < -0.39 is 22.0 Å². The lowest BCUT2D eigenvalue weighted by Gasteiger charge is -2.29. The first-order valence-corrected chi connectivity index (χ1v) is 10.5. The Kier molecular flexibility index (Phi) is 6.62. The van der Waals surface area contributed by atoms with Gasteiger partial charge in [-0.25, -0.2) is 8.42 Å². The predicted octanol–water partition coefficient (Wildman–Crippen LogP) is 4.10. The summed E-state index contributed by atoms with van der Waals surface area (Å²) in [5.41, 5.74) is 1.53. The first kappa shape index (κ1) is 21.3. The normalized spacial score (nSPS) is 12.4. The smallest absolute Gasteiger partial charge is 0.247 e. The van der Waals surface area contributed by atoms with Gasteiger partial charge in [0.15, 0.2) is 0 Å². The van der Waals surface area contributed by atoms with Crippen molar-refractivity contribution >= 4 is 50.5 Å². The maximum absolute atomic E-state index is 12.7. The van der Waals surface area contributed by atoms with E-state index in [1.54, 1.807) is 30.3 Å². The Bertz CT molecular complexity index is 964. The van der Waals surface area contributed by atoms with Gasteiger partial charge in [0.2, 0.25) is 15.9 Å². The molecule has 0 aliphatic heterocycles. The van der Waals surface area contributed by atoms with E-state index in [-0.39, 0.29) is 10.7 Å². The summed E-state index contributed by atoms with van der Waals surface area (Å²) < 4.78 is 31.2. The third-order valence-corrected chi connectivity index (χ3v) is 5.81. The Balaban J connectivity index is 2.41. The molecule has 2 aromatic rings. The fourth-order valence-electron chi connectivity index (χ4n) is 2.57. The molecule has 0 radical (unpaired) electrons. The van der Waals surface area contributed by atoms with E-state index in [4.69, 9.17) is 27.9 Å². The number of benzene rings is 2. The summed E-state index contributed by atoms with van der Waals surface area (Å²) in [6, 6.07) is 8.69. The van der Waals surface area contributed by atoms with Crippen molar-refractivity contribution in [2.75, 3.05) is 23.0 Å². The lowest BCUT2D eigenvalue weighted by atomic mass is 10.2. The van der Waals surface area contributed by atoms with Gasteiger partial charge in [0.25, 0.3) is 0 Å². The van der Waals surface area contributed by atoms with Crippen molar-refractivity contribution in [1.29, 1.82) is 0 Å². The molecule has 1 atom stereocenters. The number of halogens is 2. The highest BCUT2D eigenvalue weighted by atomic mass is 35.5. The number of anilines is 2. The Morgan fingerprint density at radius 3 is 2.37 bits per heavy atom. The zero-order valence-corrected chi connectivity index (χ0v) is 17.6. The Labute approximate surface area is 169 Å². The van der Waals surface area contributed by atoms with Crippen molar-refractivity contribution in [2.24, 2.45) is 0 Å². The highest BCUT2D eigenvalue weighted by Gasteiger charge is 2.31. The monoisotopic (exact) mass is 430 g/mol. The zero-order valence-electron chi connectivity index (χ0n) is 15.3. The molecule has 2 rings (SSSR count). The minimum absolute atomic E-state index is 0.280. The van der Waals surface area contributed by atoms with Gasteiger partial charge >= 0.3 is 0 Å². The van der Waals surface area contributed by atoms with Crippen LogP contribution in [0.15, 0.2) is 36.4 Å². The number of aryl methyl sites for hydroxylation is 1. The van der Waals surface area contributed by atoms with Crippen LogP contribution in [0.3, 0.4) is 0 Å². The second-order valence-corrected chi connectivity index (χ2v) is 8.70. The number of nitrogens with zero attached hydrogens (tertiary/aromatic N) is 1. The molecule has 6 nitrogen and oxygen atoms in total. The molecule has 1 N–H and O–H groups in total. The summed E-state index contributed by atoms with van der Waals surface area (Å²) in [4.78, 5) is 12.7. The average Bonchev–Trinajstić information content (AvgIpc) is 2.57. The lowest BCUT2D eigenvalue weighted by Crippen LogP contribution is -2.45. The van der Waals surface area contributed by atoms with E-state index in [0.717, 1.165) is 16.1 Å². The van der Waals surface area contributed by atoms with Crippen molar-refractivity contribution in [2.45, 2.75) is 19.9 Å². The zero-order chi connectivity index (χ0) is 20.4. The van der Waals surface area contributed by atoms with Gasteiger partial charge in [-0.3, -0.25) is 9.10 Å². The molecule has 146 valence electrons. The summed E-state index contributed by atoms with van der Waals surface area (Å²) in [7, 11) is -2.33. The SMILES string of the molecule is COc1ccc(C)cc1N(C(C)C(=O)Nc1ccc(Cl)c(Cl)c1)S(C)(=O)=O. The molecule has 1 unspecified atom stereocenters. The topological polar surface area (TPSA) is 75.7 Å². The highest BCUT2D eigenvalue weighted by Crippen LogP contribution is 2.33. The van der Waals surface area contributed by atoms with Crippen LogP contribution in [-0.4, -0.2) is 33.7 Å². The molecule has 0 aliphatic rings. The number of carbonyl (C=O) groups is 1. The van der Waals surface area contributed by atoms with Crippen LogP contribution in [0.4, 0.5) is 11.4 Å². The van der Waals surface area contributed by atoms with E-state index in [2.05, 4.69) is 5.32 Å². The van der Waals surface area contributed by atoms with Crippen molar-refractivity contribution < 1.29 is 17.9 Å². The third kappa shape index (κ3) is 5.06. The number of amides is 1. The summed E-state index contributed by atoms with van der Waals surface area (Å²) in [5, 5.41) is 3.29. The molecule has 0 saturated heterocycles. The van der Waals surface area contributed by atoms with Crippen LogP contribution in [0.2, 0.25) is 10.0 Å². The summed E-state index contributed by atoms with van der Waals surface area (Å²) in [5.74, 6) is -0.178. The van der Waals surface area contributed by atoms with Crippen LogP contribution in [0.25, 0.3) is 0 Å². The van der Waals surface area contributed by atoms with Gasteiger partial charge in [0.05, 0.1) is 29.1 Å². The maximum atomic E-state index is 12.7. The molecule has 0 saturated carbocycles. The number of rotatable bonds is 6. The molecule has 0 aliphatic carbocycles. The molecule has 2 aromatic carbocycles. The van der Waals surface area contributed by atoms with Gasteiger partial charge in [-0.15, -0.1) is 0 Å². The first-order chi connectivity index (χ1) is 12.5. The van der Waals surface area contributed by atoms with Gasteiger partial charge < -0.3 is 10.1 Å². The van der Waals surface area contributed by atoms with E-state index in [1.165, 1.54) is 20.1 Å². The van der Waals surface area contributed by atoms with E-state index >= 15 is 0 Å². The molecule has 0 aromatic heterocycles. The fraction of sp³-hybridized carbons (Fsp3) is 0.278. The Hall–Kier alpha value is -1.96. The van der Waals surface area contributed by atoms with Crippen molar-refractivity contribution in [3.05, 3.63) is 52.0 Å². The van der Waals surface area contributed by atoms with Gasteiger partial charge in [-0.2, -0.15) is 0 Å². The summed E-state index contributed by atoms with van der Waals surface area (Å²) >= 11 is 11.8.